The smallest absolute Gasteiger partial charge is 0.407 e. The van der Waals surface area contributed by atoms with Crippen molar-refractivity contribution in [1.82, 2.24) is 9.80 Å². The molecule has 3 N–H and O–H groups in total. The van der Waals surface area contributed by atoms with Crippen molar-refractivity contribution in [3.63, 3.8) is 0 Å². The topological polar surface area (TPSA) is 122 Å². The third-order valence-corrected chi connectivity index (χ3v) is 4.30. The van der Waals surface area contributed by atoms with Gasteiger partial charge in [0.05, 0.1) is 6.61 Å². The van der Waals surface area contributed by atoms with E-state index in [1.54, 1.807) is 0 Å². The first-order valence-electron chi connectivity index (χ1n) is 8.29. The van der Waals surface area contributed by atoms with Crippen LogP contribution in [0.2, 0.25) is 0 Å². The highest BCUT2D eigenvalue weighted by molar-refractivity contribution is 5.89. The van der Waals surface area contributed by atoms with Gasteiger partial charge in [-0.3, -0.25) is 14.5 Å². The number of carbonyl (C=O) groups is 3. The van der Waals surface area contributed by atoms with Crippen LogP contribution in [0, 0.1) is 0 Å². The molecule has 9 nitrogen and oxygen atoms in total. The van der Waals surface area contributed by atoms with Crippen molar-refractivity contribution >= 4 is 17.9 Å². The largest absolute Gasteiger partial charge is 0.465 e. The fraction of sp³-hybridized carbons (Fsp3) is 0.800. The standard InChI is InChI=1S/C15H25N3O6/c16-14(20)11-4-3-6-18(11)12(19)10-17(15(21)22)7-9-24-13-5-1-2-8-23-13/h11,13H,1-10H2,(H2,16,20)(H,21,22). The molecular formula is C15H25N3O6. The quantitative estimate of drug-likeness (QED) is 0.670. The number of nitrogens with two attached hydrogens (primary N) is 1. The van der Waals surface area contributed by atoms with Crippen molar-refractivity contribution < 1.29 is 29.0 Å². The monoisotopic (exact) mass is 343 g/mol. The van der Waals surface area contributed by atoms with Crippen molar-refractivity contribution in [1.29, 1.82) is 0 Å². The first kappa shape index (κ1) is 18.5. The van der Waals surface area contributed by atoms with Gasteiger partial charge in [-0.05, 0) is 32.1 Å². The summed E-state index contributed by atoms with van der Waals surface area (Å²) in [5.74, 6) is -0.965. The summed E-state index contributed by atoms with van der Waals surface area (Å²) in [5, 5.41) is 9.25. The number of likely N-dealkylation sites (tertiary alicyclic amines) is 1. The van der Waals surface area contributed by atoms with Crippen LogP contribution in [-0.4, -0.2) is 78.0 Å². The zero-order valence-electron chi connectivity index (χ0n) is 13.7. The number of nitrogens with zero attached hydrogens (tertiary/aromatic N) is 2. The summed E-state index contributed by atoms with van der Waals surface area (Å²) in [7, 11) is 0. The lowest BCUT2D eigenvalue weighted by atomic mass is 10.2. The third-order valence-electron chi connectivity index (χ3n) is 4.30. The van der Waals surface area contributed by atoms with Crippen molar-refractivity contribution in [3.05, 3.63) is 0 Å². The lowest BCUT2D eigenvalue weighted by molar-refractivity contribution is -0.164. The molecule has 0 aromatic rings. The minimum atomic E-state index is -1.20. The van der Waals surface area contributed by atoms with Gasteiger partial charge in [0.2, 0.25) is 11.8 Å². The number of ether oxygens (including phenoxy) is 2. The Balaban J connectivity index is 1.80. The van der Waals surface area contributed by atoms with Gasteiger partial charge in [0.1, 0.15) is 12.6 Å². The zero-order chi connectivity index (χ0) is 17.5. The SMILES string of the molecule is NC(=O)C1CCCN1C(=O)CN(CCOC1CCCCO1)C(=O)O. The number of amides is 3. The Bertz CT molecular complexity index is 466. The molecule has 2 rings (SSSR count). The molecule has 24 heavy (non-hydrogen) atoms. The molecule has 9 heteroatoms. The number of primary amides is 1. The highest BCUT2D eigenvalue weighted by Gasteiger charge is 2.33. The first-order chi connectivity index (χ1) is 11.5. The minimum Gasteiger partial charge on any atom is -0.465 e. The first-order valence-corrected chi connectivity index (χ1v) is 8.29. The maximum Gasteiger partial charge on any atom is 0.407 e. The molecule has 2 unspecified atom stereocenters. The lowest BCUT2D eigenvalue weighted by Gasteiger charge is -2.27. The Morgan fingerprint density at radius 1 is 1.25 bits per heavy atom. The summed E-state index contributed by atoms with van der Waals surface area (Å²) >= 11 is 0. The highest BCUT2D eigenvalue weighted by atomic mass is 16.7. The molecule has 0 radical (unpaired) electrons. The summed E-state index contributed by atoms with van der Waals surface area (Å²) in [6, 6.07) is -0.639. The maximum atomic E-state index is 12.3. The van der Waals surface area contributed by atoms with Gasteiger partial charge in [0, 0.05) is 19.7 Å². The average Bonchev–Trinajstić information content (AvgIpc) is 3.04. The fourth-order valence-corrected chi connectivity index (χ4v) is 2.99. The number of carbonyl (C=O) groups excluding carboxylic acids is 2. The van der Waals surface area contributed by atoms with Crippen molar-refractivity contribution in [2.24, 2.45) is 5.73 Å². The third kappa shape index (κ3) is 5.07. The number of carboxylic acid groups (broad SMARTS) is 1. The van der Waals surface area contributed by atoms with E-state index in [9.17, 15) is 19.5 Å². The van der Waals surface area contributed by atoms with Gasteiger partial charge in [-0.1, -0.05) is 0 Å². The molecule has 2 heterocycles. The molecule has 2 aliphatic rings. The molecule has 3 amide bonds. The van der Waals surface area contributed by atoms with Gasteiger partial charge in [-0.2, -0.15) is 0 Å². The van der Waals surface area contributed by atoms with Crippen LogP contribution in [0.3, 0.4) is 0 Å². The summed E-state index contributed by atoms with van der Waals surface area (Å²) in [4.78, 5) is 37.3. The Morgan fingerprint density at radius 3 is 2.67 bits per heavy atom. The van der Waals surface area contributed by atoms with Crippen LogP contribution in [0.15, 0.2) is 0 Å². The fourth-order valence-electron chi connectivity index (χ4n) is 2.99. The number of rotatable bonds is 7. The molecule has 0 bridgehead atoms. The molecule has 0 saturated carbocycles. The van der Waals surface area contributed by atoms with Gasteiger partial charge in [-0.15, -0.1) is 0 Å². The van der Waals surface area contributed by atoms with Crippen molar-refractivity contribution in [2.75, 3.05) is 32.8 Å². The molecule has 0 aromatic heterocycles. The van der Waals surface area contributed by atoms with Gasteiger partial charge in [-0.25, -0.2) is 4.79 Å². The van der Waals surface area contributed by atoms with Crippen LogP contribution in [0.5, 0.6) is 0 Å². The van der Waals surface area contributed by atoms with E-state index in [0.717, 1.165) is 24.2 Å². The van der Waals surface area contributed by atoms with Gasteiger partial charge in [0.15, 0.2) is 6.29 Å². The second-order valence-electron chi connectivity index (χ2n) is 6.02. The molecule has 0 aromatic carbocycles. The minimum absolute atomic E-state index is 0.0655. The van der Waals surface area contributed by atoms with E-state index in [1.165, 1.54) is 4.90 Å². The summed E-state index contributed by atoms with van der Waals surface area (Å²) < 4.78 is 10.9. The van der Waals surface area contributed by atoms with Crippen LogP contribution >= 0.6 is 0 Å². The molecule has 2 saturated heterocycles. The molecular weight excluding hydrogens is 318 g/mol. The van der Waals surface area contributed by atoms with Crippen LogP contribution in [0.25, 0.3) is 0 Å². The Labute approximate surface area is 140 Å². The summed E-state index contributed by atoms with van der Waals surface area (Å²) in [6.07, 6.45) is 2.53. The van der Waals surface area contributed by atoms with Crippen LogP contribution in [0.4, 0.5) is 4.79 Å². The van der Waals surface area contributed by atoms with Crippen LogP contribution in [-0.2, 0) is 19.1 Å². The molecule has 0 aliphatic carbocycles. The van der Waals surface area contributed by atoms with Crippen LogP contribution < -0.4 is 5.73 Å². The predicted molar refractivity (Wildman–Crippen MR) is 83.1 cm³/mol. The van der Waals surface area contributed by atoms with Gasteiger partial charge >= 0.3 is 6.09 Å². The summed E-state index contributed by atoms with van der Waals surface area (Å²) in [5.41, 5.74) is 5.28. The number of hydrogen-bond donors (Lipinski definition) is 2. The molecule has 2 fully saturated rings. The van der Waals surface area contributed by atoms with E-state index in [-0.39, 0.29) is 26.0 Å². The van der Waals surface area contributed by atoms with E-state index in [4.69, 9.17) is 15.2 Å². The van der Waals surface area contributed by atoms with E-state index >= 15 is 0 Å². The van der Waals surface area contributed by atoms with E-state index < -0.39 is 23.9 Å². The Morgan fingerprint density at radius 2 is 2.04 bits per heavy atom. The van der Waals surface area contributed by atoms with Gasteiger partial charge < -0.3 is 25.2 Å². The van der Waals surface area contributed by atoms with Crippen molar-refractivity contribution in [2.45, 2.75) is 44.4 Å². The predicted octanol–water partition coefficient (Wildman–Crippen LogP) is -0.0141. The summed E-state index contributed by atoms with van der Waals surface area (Å²) in [6.45, 7) is 0.981. The second-order valence-corrected chi connectivity index (χ2v) is 6.02. The average molecular weight is 343 g/mol. The number of hydrogen-bond acceptors (Lipinski definition) is 5. The Hall–Kier alpha value is -1.87. The lowest BCUT2D eigenvalue weighted by Crippen LogP contribution is -2.49. The normalized spacial score (nSPS) is 23.9. The highest BCUT2D eigenvalue weighted by Crippen LogP contribution is 2.17. The molecule has 136 valence electrons. The Kier molecular flexibility index (Phi) is 6.80. The molecule has 2 atom stereocenters. The van der Waals surface area contributed by atoms with E-state index in [1.807, 2.05) is 0 Å². The van der Waals surface area contributed by atoms with Crippen LogP contribution in [0.1, 0.15) is 32.1 Å². The van der Waals surface area contributed by atoms with Crippen molar-refractivity contribution in [3.8, 4) is 0 Å². The van der Waals surface area contributed by atoms with E-state index in [0.29, 0.717) is 26.0 Å². The second kappa shape index (κ2) is 8.84. The molecule has 0 spiro atoms. The zero-order valence-corrected chi connectivity index (χ0v) is 13.7. The van der Waals surface area contributed by atoms with Gasteiger partial charge in [0.25, 0.3) is 0 Å². The molecule has 2 aliphatic heterocycles. The maximum absolute atomic E-state index is 12.3. The van der Waals surface area contributed by atoms with E-state index in [2.05, 4.69) is 0 Å².